The van der Waals surface area contributed by atoms with Gasteiger partial charge in [0.15, 0.2) is 12.0 Å². The number of fused-ring (bicyclic) bond motifs is 3. The Morgan fingerprint density at radius 2 is 1.70 bits per heavy atom. The van der Waals surface area contributed by atoms with E-state index in [-0.39, 0.29) is 5.91 Å². The zero-order valence-electron chi connectivity index (χ0n) is 17.8. The third kappa shape index (κ3) is 4.21. The SMILES string of the molecule is Cc1nnc2n1-c1ccccc1C(c1ccccc1)=NC2NC(=O)C=Cc1ccc(Cl)cc1. The van der Waals surface area contributed by atoms with Gasteiger partial charge in [0.1, 0.15) is 5.82 Å². The zero-order valence-corrected chi connectivity index (χ0v) is 18.6. The van der Waals surface area contributed by atoms with Gasteiger partial charge in [-0.05, 0) is 36.8 Å². The predicted octanol–water partition coefficient (Wildman–Crippen LogP) is 4.91. The van der Waals surface area contributed by atoms with Crippen LogP contribution in [0, 0.1) is 6.92 Å². The number of hydrogen-bond donors (Lipinski definition) is 1. The van der Waals surface area contributed by atoms with Crippen LogP contribution in [0.5, 0.6) is 0 Å². The van der Waals surface area contributed by atoms with Gasteiger partial charge in [-0.2, -0.15) is 0 Å². The summed E-state index contributed by atoms with van der Waals surface area (Å²) in [6.45, 7) is 1.89. The molecule has 1 amide bonds. The summed E-state index contributed by atoms with van der Waals surface area (Å²) < 4.78 is 1.95. The molecular weight excluding hydrogens is 434 g/mol. The van der Waals surface area contributed by atoms with E-state index in [1.807, 2.05) is 78.2 Å². The number of benzene rings is 3. The monoisotopic (exact) mass is 453 g/mol. The van der Waals surface area contributed by atoms with Gasteiger partial charge in [0.2, 0.25) is 5.91 Å². The van der Waals surface area contributed by atoms with E-state index in [0.717, 1.165) is 33.9 Å². The van der Waals surface area contributed by atoms with Crippen molar-refractivity contribution in [1.82, 2.24) is 20.1 Å². The van der Waals surface area contributed by atoms with Gasteiger partial charge in [0.05, 0.1) is 11.4 Å². The van der Waals surface area contributed by atoms with Crippen molar-refractivity contribution in [2.45, 2.75) is 13.1 Å². The summed E-state index contributed by atoms with van der Waals surface area (Å²) in [5.41, 5.74) is 4.48. The average Bonchev–Trinajstić information content (AvgIpc) is 3.16. The topological polar surface area (TPSA) is 72.2 Å². The van der Waals surface area contributed by atoms with Crippen LogP contribution in [0.2, 0.25) is 5.02 Å². The average molecular weight is 454 g/mol. The maximum Gasteiger partial charge on any atom is 0.245 e. The van der Waals surface area contributed by atoms with Crippen molar-refractivity contribution in [2.75, 3.05) is 0 Å². The van der Waals surface area contributed by atoms with Crippen molar-refractivity contribution >= 4 is 29.3 Å². The van der Waals surface area contributed by atoms with Crippen LogP contribution in [0.15, 0.2) is 89.9 Å². The van der Waals surface area contributed by atoms with Crippen molar-refractivity contribution in [3.63, 3.8) is 0 Å². The van der Waals surface area contributed by atoms with E-state index in [9.17, 15) is 4.79 Å². The lowest BCUT2D eigenvalue weighted by atomic mass is 10.0. The predicted molar refractivity (Wildman–Crippen MR) is 130 cm³/mol. The Bertz CT molecular complexity index is 1370. The summed E-state index contributed by atoms with van der Waals surface area (Å²) in [6.07, 6.45) is 2.50. The highest BCUT2D eigenvalue weighted by Crippen LogP contribution is 2.29. The molecule has 162 valence electrons. The van der Waals surface area contributed by atoms with Crippen LogP contribution in [0.3, 0.4) is 0 Å². The molecule has 1 N–H and O–H groups in total. The van der Waals surface area contributed by atoms with Crippen molar-refractivity contribution in [3.05, 3.63) is 118 Å². The highest BCUT2D eigenvalue weighted by atomic mass is 35.5. The van der Waals surface area contributed by atoms with Gasteiger partial charge in [0, 0.05) is 22.2 Å². The standard InChI is InChI=1S/C26H20ClN5O/c1-17-30-31-26-25(28-23(33)16-13-18-11-14-20(27)15-12-18)29-24(19-7-3-2-4-8-19)21-9-5-6-10-22(21)32(17)26/h2-16,25H,1H3,(H,28,33). The lowest BCUT2D eigenvalue weighted by molar-refractivity contribution is -0.117. The smallest absolute Gasteiger partial charge is 0.245 e. The molecule has 4 aromatic rings. The zero-order chi connectivity index (χ0) is 22.8. The Balaban J connectivity index is 1.56. The number of halogens is 1. The van der Waals surface area contributed by atoms with Crippen LogP contribution in [0.25, 0.3) is 11.8 Å². The van der Waals surface area contributed by atoms with Gasteiger partial charge in [-0.15, -0.1) is 10.2 Å². The fourth-order valence-corrected chi connectivity index (χ4v) is 3.96. The number of amides is 1. The molecule has 1 unspecified atom stereocenters. The molecule has 6 nitrogen and oxygen atoms in total. The summed E-state index contributed by atoms with van der Waals surface area (Å²) in [4.78, 5) is 17.8. The third-order valence-electron chi connectivity index (χ3n) is 5.38. The number of para-hydroxylation sites is 1. The highest BCUT2D eigenvalue weighted by Gasteiger charge is 2.28. The minimum atomic E-state index is -0.712. The van der Waals surface area contributed by atoms with Gasteiger partial charge in [0.25, 0.3) is 0 Å². The first-order valence-corrected chi connectivity index (χ1v) is 10.9. The molecule has 0 radical (unpaired) electrons. The van der Waals surface area contributed by atoms with Gasteiger partial charge >= 0.3 is 0 Å². The highest BCUT2D eigenvalue weighted by molar-refractivity contribution is 6.30. The van der Waals surface area contributed by atoms with Gasteiger partial charge in [-0.25, -0.2) is 0 Å². The summed E-state index contributed by atoms with van der Waals surface area (Å²) in [7, 11) is 0. The molecule has 5 rings (SSSR count). The Labute approximate surface area is 196 Å². The Hall–Kier alpha value is -4.03. The molecule has 1 aromatic heterocycles. The summed E-state index contributed by atoms with van der Waals surface area (Å²) in [5.74, 6) is 0.987. The number of aliphatic imine (C=N–C) groups is 1. The minimum absolute atomic E-state index is 0.288. The number of carbonyl (C=O) groups is 1. The van der Waals surface area contributed by atoms with Gasteiger partial charge < -0.3 is 5.32 Å². The number of carbonyl (C=O) groups excluding carboxylic acids is 1. The van der Waals surface area contributed by atoms with Crippen LogP contribution in [0.1, 0.15) is 34.5 Å². The maximum absolute atomic E-state index is 12.8. The second-order valence-electron chi connectivity index (χ2n) is 7.60. The Morgan fingerprint density at radius 1 is 0.970 bits per heavy atom. The molecule has 33 heavy (non-hydrogen) atoms. The number of aryl methyl sites for hydroxylation is 1. The molecule has 3 aromatic carbocycles. The fraction of sp³-hybridized carbons (Fsp3) is 0.0769. The van der Waals surface area contributed by atoms with Gasteiger partial charge in [-0.1, -0.05) is 72.3 Å². The number of hydrogen-bond acceptors (Lipinski definition) is 4. The van der Waals surface area contributed by atoms with Crippen LogP contribution in [0.4, 0.5) is 0 Å². The first-order valence-electron chi connectivity index (χ1n) is 10.5. The van der Waals surface area contributed by atoms with Crippen molar-refractivity contribution in [2.24, 2.45) is 4.99 Å². The first kappa shape index (κ1) is 20.8. The van der Waals surface area contributed by atoms with E-state index in [0.29, 0.717) is 10.8 Å². The van der Waals surface area contributed by atoms with Crippen LogP contribution in [-0.2, 0) is 4.79 Å². The number of rotatable bonds is 4. The van der Waals surface area contributed by atoms with Crippen LogP contribution < -0.4 is 5.32 Å². The fourth-order valence-electron chi connectivity index (χ4n) is 3.83. The molecule has 0 aliphatic carbocycles. The molecule has 1 aliphatic heterocycles. The first-order chi connectivity index (χ1) is 16.1. The molecule has 0 bridgehead atoms. The lowest BCUT2D eigenvalue weighted by Gasteiger charge is -2.13. The minimum Gasteiger partial charge on any atom is -0.324 e. The molecule has 0 saturated heterocycles. The number of aromatic nitrogens is 3. The lowest BCUT2D eigenvalue weighted by Crippen LogP contribution is -2.28. The van der Waals surface area contributed by atoms with E-state index in [1.165, 1.54) is 6.08 Å². The molecule has 0 spiro atoms. The molecule has 7 heteroatoms. The maximum atomic E-state index is 12.8. The number of nitrogens with zero attached hydrogens (tertiary/aromatic N) is 4. The van der Waals surface area contributed by atoms with E-state index < -0.39 is 6.17 Å². The largest absolute Gasteiger partial charge is 0.324 e. The second kappa shape index (κ2) is 8.84. The van der Waals surface area contributed by atoms with Crippen LogP contribution in [-0.4, -0.2) is 26.4 Å². The van der Waals surface area contributed by atoms with Gasteiger partial charge in [-0.3, -0.25) is 14.4 Å². The van der Waals surface area contributed by atoms with E-state index in [2.05, 4.69) is 15.5 Å². The molecule has 0 fully saturated rings. The molecule has 2 heterocycles. The molecular formula is C26H20ClN5O. The summed E-state index contributed by atoms with van der Waals surface area (Å²) in [6, 6.07) is 25.2. The number of nitrogens with one attached hydrogen (secondary N) is 1. The Kier molecular flexibility index (Phi) is 5.59. The van der Waals surface area contributed by atoms with E-state index in [4.69, 9.17) is 16.6 Å². The van der Waals surface area contributed by atoms with E-state index in [1.54, 1.807) is 18.2 Å². The molecule has 1 atom stereocenters. The van der Waals surface area contributed by atoms with Crippen molar-refractivity contribution in [1.29, 1.82) is 0 Å². The normalized spacial score (nSPS) is 14.8. The Morgan fingerprint density at radius 3 is 2.48 bits per heavy atom. The van der Waals surface area contributed by atoms with Crippen molar-refractivity contribution in [3.8, 4) is 5.69 Å². The quantitative estimate of drug-likeness (QED) is 0.446. The van der Waals surface area contributed by atoms with Crippen molar-refractivity contribution < 1.29 is 4.79 Å². The van der Waals surface area contributed by atoms with Crippen LogP contribution >= 0.6 is 11.6 Å². The summed E-state index contributed by atoms with van der Waals surface area (Å²) in [5, 5.41) is 12.2. The molecule has 1 aliphatic rings. The third-order valence-corrected chi connectivity index (χ3v) is 5.63. The molecule has 0 saturated carbocycles. The summed E-state index contributed by atoms with van der Waals surface area (Å²) >= 11 is 5.94. The van der Waals surface area contributed by atoms with E-state index >= 15 is 0 Å². The second-order valence-corrected chi connectivity index (χ2v) is 8.03.